The van der Waals surface area contributed by atoms with Crippen LogP contribution in [0.15, 0.2) is 10.9 Å². The first-order chi connectivity index (χ1) is 7.86. The molecule has 6 heteroatoms. The third-order valence-corrected chi connectivity index (χ3v) is 2.82. The van der Waals surface area contributed by atoms with E-state index in [4.69, 9.17) is 4.52 Å². The van der Waals surface area contributed by atoms with Crippen molar-refractivity contribution in [2.24, 2.45) is 0 Å². The Balaban J connectivity index is 2.08. The molecule has 0 atom stereocenters. The van der Waals surface area contributed by atoms with Gasteiger partial charge in [0.2, 0.25) is 5.58 Å². The monoisotopic (exact) mass is 219 g/mol. The number of aromatic nitrogens is 3. The number of hydrogen-bond donors (Lipinski definition) is 1. The fourth-order valence-corrected chi connectivity index (χ4v) is 1.97. The average molecular weight is 219 g/mol. The van der Waals surface area contributed by atoms with E-state index in [2.05, 4.69) is 25.3 Å². The van der Waals surface area contributed by atoms with Crippen LogP contribution in [0.5, 0.6) is 0 Å². The van der Waals surface area contributed by atoms with Crippen molar-refractivity contribution in [3.63, 3.8) is 0 Å². The van der Waals surface area contributed by atoms with Gasteiger partial charge in [0.15, 0.2) is 5.82 Å². The van der Waals surface area contributed by atoms with Crippen LogP contribution >= 0.6 is 0 Å². The largest absolute Gasteiger partial charge is 0.351 e. The number of hydrogen-bond acceptors (Lipinski definition) is 6. The maximum atomic E-state index is 5.30. The summed E-state index contributed by atoms with van der Waals surface area (Å²) in [6, 6.07) is 0. The number of nitrogens with one attached hydrogen (secondary N) is 1. The molecule has 0 saturated carbocycles. The molecule has 1 N–H and O–H groups in total. The lowest BCUT2D eigenvalue weighted by molar-refractivity contribution is 0.448. The Morgan fingerprint density at radius 2 is 2.12 bits per heavy atom. The number of fused-ring (bicyclic) bond motifs is 1. The number of piperazine rings is 1. The van der Waals surface area contributed by atoms with Gasteiger partial charge in [-0.15, -0.1) is 0 Å². The number of rotatable bonds is 1. The van der Waals surface area contributed by atoms with Crippen molar-refractivity contribution in [3.05, 3.63) is 12.0 Å². The summed E-state index contributed by atoms with van der Waals surface area (Å²) >= 11 is 0. The molecule has 3 heterocycles. The summed E-state index contributed by atoms with van der Waals surface area (Å²) in [4.78, 5) is 10.7. The summed E-state index contributed by atoms with van der Waals surface area (Å²) in [6.07, 6.45) is 1.57. The highest BCUT2D eigenvalue weighted by atomic mass is 16.5. The van der Waals surface area contributed by atoms with Gasteiger partial charge in [0.25, 0.3) is 0 Å². The molecule has 2 aromatic rings. The van der Waals surface area contributed by atoms with Gasteiger partial charge < -0.3 is 14.7 Å². The zero-order valence-corrected chi connectivity index (χ0v) is 9.10. The predicted octanol–water partition coefficient (Wildman–Crippen LogP) is 0.336. The highest BCUT2D eigenvalue weighted by molar-refractivity contribution is 5.84. The number of aryl methyl sites for hydroxylation is 1. The van der Waals surface area contributed by atoms with Crippen LogP contribution in [0.4, 0.5) is 5.82 Å². The lowest BCUT2D eigenvalue weighted by atomic mass is 10.3. The molecule has 3 rings (SSSR count). The Bertz CT molecular complexity index is 503. The van der Waals surface area contributed by atoms with Crippen molar-refractivity contribution >= 4 is 16.9 Å². The molecule has 2 aromatic heterocycles. The van der Waals surface area contributed by atoms with Crippen LogP contribution < -0.4 is 10.2 Å². The molecule has 1 aliphatic rings. The molecule has 1 saturated heterocycles. The van der Waals surface area contributed by atoms with Crippen molar-refractivity contribution in [1.29, 1.82) is 0 Å². The first-order valence-electron chi connectivity index (χ1n) is 5.39. The highest BCUT2D eigenvalue weighted by Crippen LogP contribution is 2.24. The van der Waals surface area contributed by atoms with E-state index in [1.165, 1.54) is 0 Å². The zero-order valence-electron chi connectivity index (χ0n) is 9.10. The molecule has 0 unspecified atom stereocenters. The Morgan fingerprint density at radius 1 is 1.31 bits per heavy atom. The zero-order chi connectivity index (χ0) is 11.0. The van der Waals surface area contributed by atoms with Crippen LogP contribution in [-0.2, 0) is 0 Å². The standard InChI is InChI=1S/C10H13N5O/c1-7-8-9(16-14-7)10(13-6-12-8)15-4-2-11-3-5-15/h6,11H,2-5H2,1H3. The van der Waals surface area contributed by atoms with Gasteiger partial charge in [0.05, 0.1) is 0 Å². The van der Waals surface area contributed by atoms with Gasteiger partial charge in [-0.1, -0.05) is 5.16 Å². The molecule has 0 amide bonds. The van der Waals surface area contributed by atoms with Crippen LogP contribution in [0.3, 0.4) is 0 Å². The van der Waals surface area contributed by atoms with Crippen LogP contribution in [0, 0.1) is 6.92 Å². The van der Waals surface area contributed by atoms with Gasteiger partial charge >= 0.3 is 0 Å². The molecule has 6 nitrogen and oxygen atoms in total. The lowest BCUT2D eigenvalue weighted by Gasteiger charge is -2.27. The molecule has 16 heavy (non-hydrogen) atoms. The SMILES string of the molecule is Cc1noc2c(N3CCNCC3)ncnc12. The summed E-state index contributed by atoms with van der Waals surface area (Å²) in [7, 11) is 0. The Hall–Kier alpha value is -1.69. The van der Waals surface area contributed by atoms with E-state index in [-0.39, 0.29) is 0 Å². The molecule has 1 aliphatic heterocycles. The second kappa shape index (κ2) is 3.71. The number of anilines is 1. The van der Waals surface area contributed by atoms with E-state index in [9.17, 15) is 0 Å². The Morgan fingerprint density at radius 3 is 2.94 bits per heavy atom. The summed E-state index contributed by atoms with van der Waals surface area (Å²) < 4.78 is 5.30. The Kier molecular flexibility index (Phi) is 2.21. The van der Waals surface area contributed by atoms with Gasteiger partial charge in [0, 0.05) is 26.2 Å². The van der Waals surface area contributed by atoms with Gasteiger partial charge in [-0.2, -0.15) is 0 Å². The summed E-state index contributed by atoms with van der Waals surface area (Å²) in [6.45, 7) is 5.70. The maximum Gasteiger partial charge on any atom is 0.227 e. The van der Waals surface area contributed by atoms with Crippen LogP contribution in [-0.4, -0.2) is 41.3 Å². The second-order valence-corrected chi connectivity index (χ2v) is 3.88. The molecular weight excluding hydrogens is 206 g/mol. The average Bonchev–Trinajstić information content (AvgIpc) is 2.73. The maximum absolute atomic E-state index is 5.30. The summed E-state index contributed by atoms with van der Waals surface area (Å²) in [5.74, 6) is 0.854. The molecule has 0 spiro atoms. The third-order valence-electron chi connectivity index (χ3n) is 2.82. The van der Waals surface area contributed by atoms with E-state index >= 15 is 0 Å². The smallest absolute Gasteiger partial charge is 0.227 e. The number of nitrogens with zero attached hydrogens (tertiary/aromatic N) is 4. The molecule has 0 aromatic carbocycles. The van der Waals surface area contributed by atoms with Gasteiger partial charge in [-0.3, -0.25) is 0 Å². The van der Waals surface area contributed by atoms with E-state index < -0.39 is 0 Å². The second-order valence-electron chi connectivity index (χ2n) is 3.88. The normalized spacial score (nSPS) is 16.9. The predicted molar refractivity (Wildman–Crippen MR) is 59.4 cm³/mol. The van der Waals surface area contributed by atoms with E-state index in [0.717, 1.165) is 43.2 Å². The van der Waals surface area contributed by atoms with Crippen molar-refractivity contribution in [3.8, 4) is 0 Å². The first-order valence-corrected chi connectivity index (χ1v) is 5.39. The van der Waals surface area contributed by atoms with E-state index in [0.29, 0.717) is 5.58 Å². The molecule has 0 bridgehead atoms. The van der Waals surface area contributed by atoms with Crippen molar-refractivity contribution in [2.45, 2.75) is 6.92 Å². The van der Waals surface area contributed by atoms with Crippen molar-refractivity contribution < 1.29 is 4.52 Å². The van der Waals surface area contributed by atoms with E-state index in [1.54, 1.807) is 6.33 Å². The van der Waals surface area contributed by atoms with Crippen molar-refractivity contribution in [2.75, 3.05) is 31.1 Å². The van der Waals surface area contributed by atoms with Crippen LogP contribution in [0.25, 0.3) is 11.1 Å². The van der Waals surface area contributed by atoms with E-state index in [1.807, 2.05) is 6.92 Å². The van der Waals surface area contributed by atoms with Crippen LogP contribution in [0.1, 0.15) is 5.69 Å². The summed E-state index contributed by atoms with van der Waals surface area (Å²) in [5.41, 5.74) is 2.32. The summed E-state index contributed by atoms with van der Waals surface area (Å²) in [5, 5.41) is 7.24. The minimum atomic E-state index is 0.696. The molecule has 0 aliphatic carbocycles. The molecular formula is C10H13N5O. The Labute approximate surface area is 92.6 Å². The fraction of sp³-hybridized carbons (Fsp3) is 0.500. The minimum absolute atomic E-state index is 0.696. The lowest BCUT2D eigenvalue weighted by Crippen LogP contribution is -2.43. The molecule has 84 valence electrons. The molecule has 0 radical (unpaired) electrons. The first kappa shape index (κ1) is 9.53. The minimum Gasteiger partial charge on any atom is -0.351 e. The van der Waals surface area contributed by atoms with Gasteiger partial charge in [0.1, 0.15) is 17.5 Å². The van der Waals surface area contributed by atoms with Crippen LogP contribution in [0.2, 0.25) is 0 Å². The fourth-order valence-electron chi connectivity index (χ4n) is 1.97. The van der Waals surface area contributed by atoms with Crippen molar-refractivity contribution in [1.82, 2.24) is 20.4 Å². The quantitative estimate of drug-likeness (QED) is 0.745. The van der Waals surface area contributed by atoms with Gasteiger partial charge in [-0.05, 0) is 6.92 Å². The molecule has 1 fully saturated rings. The third kappa shape index (κ3) is 1.42. The topological polar surface area (TPSA) is 67.1 Å². The van der Waals surface area contributed by atoms with Gasteiger partial charge in [-0.25, -0.2) is 9.97 Å². The highest BCUT2D eigenvalue weighted by Gasteiger charge is 2.18.